The predicted molar refractivity (Wildman–Crippen MR) is 157 cm³/mol. The van der Waals surface area contributed by atoms with Gasteiger partial charge in [-0.25, -0.2) is 4.79 Å². The summed E-state index contributed by atoms with van der Waals surface area (Å²) >= 11 is 0. The molecule has 2 aliphatic heterocycles. The minimum Gasteiger partial charge on any atom is -0.356 e. The number of nitrogens with one attached hydrogen (secondary N) is 1. The molecule has 2 fully saturated rings. The third kappa shape index (κ3) is 4.40. The molecule has 1 aromatic carbocycles. The highest BCUT2D eigenvalue weighted by molar-refractivity contribution is 6.11. The Morgan fingerprint density at radius 1 is 0.925 bits per heavy atom. The molecule has 3 aromatic heterocycles. The molecule has 1 N–H and O–H groups in total. The first-order valence-corrected chi connectivity index (χ1v) is 14.4. The maximum absolute atomic E-state index is 14.3. The van der Waals surface area contributed by atoms with Crippen LogP contribution in [0.3, 0.4) is 0 Å². The van der Waals surface area contributed by atoms with Gasteiger partial charge in [0, 0.05) is 57.9 Å². The van der Waals surface area contributed by atoms with E-state index in [1.807, 2.05) is 46.7 Å². The Bertz CT molecular complexity index is 1680. The van der Waals surface area contributed by atoms with Gasteiger partial charge in [-0.1, -0.05) is 24.3 Å². The molecule has 210 valence electrons. The van der Waals surface area contributed by atoms with Crippen LogP contribution in [-0.2, 0) is 20.1 Å². The summed E-state index contributed by atoms with van der Waals surface area (Å²) in [5.74, 6) is 0.664. The van der Waals surface area contributed by atoms with Crippen molar-refractivity contribution in [3.63, 3.8) is 0 Å². The number of rotatable bonds is 5. The standard InChI is InChI=1S/C30H37N7O3/c1-3-36-26-25(24(28(38)35-16-7-4-8-17-35)27(36)34-18-9-13-31-15-19-34)33(2)30(40)37(29(26)39)20-23-22-11-6-5-10-21(22)12-14-32-23/h5-6,10-12,14,31H,3-4,7-9,13,15-20H2,1-2H3. The van der Waals surface area contributed by atoms with E-state index in [2.05, 4.69) is 15.2 Å². The molecule has 1 amide bonds. The van der Waals surface area contributed by atoms with Gasteiger partial charge in [-0.3, -0.25) is 23.7 Å². The number of likely N-dealkylation sites (tertiary alicyclic amines) is 1. The van der Waals surface area contributed by atoms with Gasteiger partial charge in [0.05, 0.1) is 17.8 Å². The van der Waals surface area contributed by atoms with Crippen molar-refractivity contribution < 1.29 is 4.79 Å². The first-order chi connectivity index (χ1) is 19.5. The van der Waals surface area contributed by atoms with Gasteiger partial charge in [0.25, 0.3) is 11.5 Å². The lowest BCUT2D eigenvalue weighted by atomic mass is 10.1. The molecule has 0 aliphatic carbocycles. The van der Waals surface area contributed by atoms with Crippen molar-refractivity contribution in [2.45, 2.75) is 45.7 Å². The molecule has 10 nitrogen and oxygen atoms in total. The van der Waals surface area contributed by atoms with Crippen molar-refractivity contribution in [1.29, 1.82) is 0 Å². The molecule has 6 rings (SSSR count). The first-order valence-electron chi connectivity index (χ1n) is 14.4. The van der Waals surface area contributed by atoms with Crippen LogP contribution >= 0.6 is 0 Å². The number of carbonyl (C=O) groups excluding carboxylic acids is 1. The van der Waals surface area contributed by atoms with Gasteiger partial charge >= 0.3 is 5.69 Å². The molecular weight excluding hydrogens is 506 g/mol. The minimum absolute atomic E-state index is 0.0517. The van der Waals surface area contributed by atoms with E-state index in [4.69, 9.17) is 0 Å². The Morgan fingerprint density at radius 3 is 2.52 bits per heavy atom. The highest BCUT2D eigenvalue weighted by atomic mass is 16.2. The molecule has 0 radical (unpaired) electrons. The van der Waals surface area contributed by atoms with E-state index in [0.29, 0.717) is 41.9 Å². The second-order valence-corrected chi connectivity index (χ2v) is 10.8. The second kappa shape index (κ2) is 10.9. The summed E-state index contributed by atoms with van der Waals surface area (Å²) in [7, 11) is 1.68. The minimum atomic E-state index is -0.447. The van der Waals surface area contributed by atoms with Crippen LogP contribution < -0.4 is 21.5 Å². The zero-order valence-corrected chi connectivity index (χ0v) is 23.4. The summed E-state index contributed by atoms with van der Waals surface area (Å²) in [5.41, 5.74) is 1.14. The molecule has 0 bridgehead atoms. The molecule has 5 heterocycles. The number of nitrogens with zero attached hydrogens (tertiary/aromatic N) is 6. The fraction of sp³-hybridized carbons (Fsp3) is 0.467. The van der Waals surface area contributed by atoms with Gasteiger partial charge in [-0.15, -0.1) is 0 Å². The molecule has 0 atom stereocenters. The van der Waals surface area contributed by atoms with E-state index >= 15 is 0 Å². The fourth-order valence-corrected chi connectivity index (χ4v) is 6.37. The number of fused-ring (bicyclic) bond motifs is 2. The van der Waals surface area contributed by atoms with Gasteiger partial charge in [0.2, 0.25) is 0 Å². The van der Waals surface area contributed by atoms with E-state index in [1.165, 1.54) is 9.13 Å². The Labute approximate surface area is 232 Å². The summed E-state index contributed by atoms with van der Waals surface area (Å²) in [5, 5.41) is 5.35. The number of pyridine rings is 1. The van der Waals surface area contributed by atoms with Crippen molar-refractivity contribution >= 4 is 33.5 Å². The van der Waals surface area contributed by atoms with E-state index < -0.39 is 5.69 Å². The van der Waals surface area contributed by atoms with Gasteiger partial charge in [0.1, 0.15) is 16.9 Å². The number of aryl methyl sites for hydroxylation is 2. The van der Waals surface area contributed by atoms with Crippen molar-refractivity contribution in [2.75, 3.05) is 44.2 Å². The number of benzene rings is 1. The number of piperidine rings is 1. The normalized spacial score (nSPS) is 16.6. The monoisotopic (exact) mass is 543 g/mol. The van der Waals surface area contributed by atoms with Crippen molar-refractivity contribution in [3.8, 4) is 0 Å². The van der Waals surface area contributed by atoms with Gasteiger partial charge in [-0.2, -0.15) is 0 Å². The van der Waals surface area contributed by atoms with Crippen LogP contribution in [0.15, 0.2) is 46.1 Å². The summed E-state index contributed by atoms with van der Waals surface area (Å²) in [4.78, 5) is 51.0. The summed E-state index contributed by atoms with van der Waals surface area (Å²) in [6.07, 6.45) is 5.67. The lowest BCUT2D eigenvalue weighted by Crippen LogP contribution is -2.41. The number of amides is 1. The molecule has 2 saturated heterocycles. The third-order valence-corrected chi connectivity index (χ3v) is 8.39. The number of anilines is 1. The maximum atomic E-state index is 14.3. The average molecular weight is 544 g/mol. The Balaban J connectivity index is 1.60. The highest BCUT2D eigenvalue weighted by Gasteiger charge is 2.33. The van der Waals surface area contributed by atoms with Crippen molar-refractivity contribution in [2.24, 2.45) is 7.05 Å². The van der Waals surface area contributed by atoms with E-state index in [9.17, 15) is 14.4 Å². The van der Waals surface area contributed by atoms with Crippen LogP contribution in [0.2, 0.25) is 0 Å². The van der Waals surface area contributed by atoms with E-state index in [1.54, 1.807) is 13.2 Å². The average Bonchev–Trinajstić information content (AvgIpc) is 3.12. The fourth-order valence-electron chi connectivity index (χ4n) is 6.37. The molecule has 0 spiro atoms. The first kappa shape index (κ1) is 26.3. The zero-order valence-electron chi connectivity index (χ0n) is 23.4. The molecule has 2 aliphatic rings. The lowest BCUT2D eigenvalue weighted by molar-refractivity contribution is 0.0726. The van der Waals surface area contributed by atoms with Gasteiger partial charge < -0.3 is 19.7 Å². The molecule has 10 heteroatoms. The number of carbonyl (C=O) groups is 1. The summed E-state index contributed by atoms with van der Waals surface area (Å²) in [6, 6.07) is 9.76. The smallest absolute Gasteiger partial charge is 0.331 e. The van der Waals surface area contributed by atoms with Gasteiger partial charge in [-0.05, 0) is 50.6 Å². The predicted octanol–water partition coefficient (Wildman–Crippen LogP) is 2.54. The van der Waals surface area contributed by atoms with Crippen LogP contribution in [0.5, 0.6) is 0 Å². The molecule has 0 saturated carbocycles. The number of hydrogen-bond donors (Lipinski definition) is 1. The molecular formula is C30H37N7O3. The molecule has 4 aromatic rings. The summed E-state index contributed by atoms with van der Waals surface area (Å²) < 4.78 is 4.74. The van der Waals surface area contributed by atoms with Crippen molar-refractivity contribution in [3.05, 3.63) is 68.6 Å². The van der Waals surface area contributed by atoms with Gasteiger partial charge in [0.15, 0.2) is 0 Å². The summed E-state index contributed by atoms with van der Waals surface area (Å²) in [6.45, 7) is 7.12. The van der Waals surface area contributed by atoms with E-state index in [0.717, 1.165) is 68.5 Å². The Morgan fingerprint density at radius 2 is 1.73 bits per heavy atom. The van der Waals surface area contributed by atoms with Crippen LogP contribution in [0.25, 0.3) is 21.8 Å². The van der Waals surface area contributed by atoms with E-state index in [-0.39, 0.29) is 18.0 Å². The highest BCUT2D eigenvalue weighted by Crippen LogP contribution is 2.33. The lowest BCUT2D eigenvalue weighted by Gasteiger charge is -2.29. The van der Waals surface area contributed by atoms with Crippen LogP contribution in [0.1, 0.15) is 48.7 Å². The SMILES string of the molecule is CCn1c(N2CCCNCC2)c(C(=O)N2CCCCC2)c2c1c(=O)n(Cc1nccc3ccccc13)c(=O)n2C. The Kier molecular flexibility index (Phi) is 7.18. The quantitative estimate of drug-likeness (QED) is 0.416. The maximum Gasteiger partial charge on any atom is 0.331 e. The largest absolute Gasteiger partial charge is 0.356 e. The Hall–Kier alpha value is -3.92. The van der Waals surface area contributed by atoms with Crippen LogP contribution in [0, 0.1) is 0 Å². The topological polar surface area (TPSA) is 97.4 Å². The third-order valence-electron chi connectivity index (χ3n) is 8.39. The molecule has 40 heavy (non-hydrogen) atoms. The number of aromatic nitrogens is 4. The van der Waals surface area contributed by atoms with Crippen LogP contribution in [-0.4, -0.2) is 68.8 Å². The van der Waals surface area contributed by atoms with Crippen LogP contribution in [0.4, 0.5) is 5.82 Å². The van der Waals surface area contributed by atoms with Crippen molar-refractivity contribution in [1.82, 2.24) is 28.9 Å². The zero-order chi connectivity index (χ0) is 27.8. The number of hydrogen-bond acceptors (Lipinski definition) is 6. The molecule has 0 unspecified atom stereocenters. The second-order valence-electron chi connectivity index (χ2n) is 10.8.